The van der Waals surface area contributed by atoms with Gasteiger partial charge in [0.1, 0.15) is 5.75 Å². The number of rotatable bonds is 6. The molecule has 1 unspecified atom stereocenters. The van der Waals surface area contributed by atoms with Gasteiger partial charge in [0.2, 0.25) is 0 Å². The molecule has 7 nitrogen and oxygen atoms in total. The number of ether oxygens (including phenoxy) is 1. The Labute approximate surface area is 153 Å². The van der Waals surface area contributed by atoms with E-state index in [2.05, 4.69) is 4.72 Å². The fraction of sp³-hybridized carbons (Fsp3) is 0.389. The number of piperidine rings is 1. The first-order valence-corrected chi connectivity index (χ1v) is 10.2. The number of likely N-dealkylation sites (tertiary alicyclic amines) is 1. The molecule has 0 bridgehead atoms. The lowest BCUT2D eigenvalue weighted by Crippen LogP contribution is -2.51. The summed E-state index contributed by atoms with van der Waals surface area (Å²) >= 11 is 0. The van der Waals surface area contributed by atoms with Gasteiger partial charge in [-0.3, -0.25) is 4.79 Å². The first-order chi connectivity index (χ1) is 12.4. The molecule has 8 heteroatoms. The number of carbonyl (C=O) groups excluding carboxylic acids is 1. The largest absolute Gasteiger partial charge is 0.484 e. The molecule has 0 aromatic heterocycles. The molecule has 1 aliphatic rings. The zero-order chi connectivity index (χ0) is 18.6. The maximum atomic E-state index is 12.6. The van der Waals surface area contributed by atoms with Crippen LogP contribution < -0.4 is 14.6 Å². The van der Waals surface area contributed by atoms with Crippen molar-refractivity contribution in [1.29, 1.82) is 0 Å². The molecule has 26 heavy (non-hydrogen) atoms. The minimum absolute atomic E-state index is 0.0792. The highest BCUT2D eigenvalue weighted by Gasteiger charge is 2.27. The molecule has 0 spiro atoms. The van der Waals surface area contributed by atoms with Gasteiger partial charge in [-0.15, -0.1) is 0 Å². The number of nitrogens with zero attached hydrogens (tertiary/aromatic N) is 1. The first kappa shape index (κ1) is 18.6. The van der Waals surface area contributed by atoms with Crippen LogP contribution in [0.15, 0.2) is 42.5 Å². The maximum Gasteiger partial charge on any atom is 0.274 e. The van der Waals surface area contributed by atoms with E-state index in [1.54, 1.807) is 4.90 Å². The number of benzene rings is 2. The van der Waals surface area contributed by atoms with Crippen molar-refractivity contribution >= 4 is 26.9 Å². The van der Waals surface area contributed by atoms with Crippen LogP contribution in [-0.2, 0) is 15.0 Å². The lowest BCUT2D eigenvalue weighted by atomic mass is 10.0. The standard InChI is InChI=1S/C18H23N3O4S/c19-26(23,24)20-12-16-7-3-4-10-21(16)18(22)13-25-17-9-8-14-5-1-2-6-15(14)11-17/h1-2,5-6,8-9,11,16,20H,3-4,7,10,12-13H2,(H2,19,23,24). The minimum atomic E-state index is -3.77. The molecule has 1 fully saturated rings. The summed E-state index contributed by atoms with van der Waals surface area (Å²) in [5, 5.41) is 7.14. The second-order valence-electron chi connectivity index (χ2n) is 6.43. The molecule has 3 rings (SSSR count). The fourth-order valence-corrected chi connectivity index (χ4v) is 3.66. The van der Waals surface area contributed by atoms with Crippen LogP contribution in [0.1, 0.15) is 19.3 Å². The van der Waals surface area contributed by atoms with Crippen LogP contribution in [-0.4, -0.2) is 45.0 Å². The monoisotopic (exact) mass is 377 g/mol. The van der Waals surface area contributed by atoms with Crippen LogP contribution in [0.2, 0.25) is 0 Å². The highest BCUT2D eigenvalue weighted by Crippen LogP contribution is 2.21. The number of hydrogen-bond donors (Lipinski definition) is 2. The van der Waals surface area contributed by atoms with Gasteiger partial charge in [0.15, 0.2) is 6.61 Å². The van der Waals surface area contributed by atoms with Crippen molar-refractivity contribution in [3.05, 3.63) is 42.5 Å². The van der Waals surface area contributed by atoms with Crippen LogP contribution in [0, 0.1) is 0 Å². The highest BCUT2D eigenvalue weighted by atomic mass is 32.2. The Morgan fingerprint density at radius 3 is 2.73 bits per heavy atom. The lowest BCUT2D eigenvalue weighted by molar-refractivity contribution is -0.136. The number of nitrogens with one attached hydrogen (secondary N) is 1. The third-order valence-corrected chi connectivity index (χ3v) is 5.12. The van der Waals surface area contributed by atoms with Gasteiger partial charge in [0, 0.05) is 19.1 Å². The molecule has 1 saturated heterocycles. The zero-order valence-electron chi connectivity index (χ0n) is 14.4. The van der Waals surface area contributed by atoms with Crippen molar-refractivity contribution in [2.24, 2.45) is 5.14 Å². The maximum absolute atomic E-state index is 12.6. The summed E-state index contributed by atoms with van der Waals surface area (Å²) in [4.78, 5) is 14.2. The van der Waals surface area contributed by atoms with Crippen molar-refractivity contribution in [3.8, 4) is 5.75 Å². The zero-order valence-corrected chi connectivity index (χ0v) is 15.2. The Balaban J connectivity index is 1.61. The van der Waals surface area contributed by atoms with Crippen LogP contribution in [0.5, 0.6) is 5.75 Å². The number of carbonyl (C=O) groups is 1. The normalized spacial score (nSPS) is 18.0. The van der Waals surface area contributed by atoms with Gasteiger partial charge >= 0.3 is 0 Å². The van der Waals surface area contributed by atoms with Gasteiger partial charge in [-0.1, -0.05) is 30.3 Å². The third kappa shape index (κ3) is 4.94. The Kier molecular flexibility index (Phi) is 5.75. The summed E-state index contributed by atoms with van der Waals surface area (Å²) in [7, 11) is -3.77. The molecular formula is C18H23N3O4S. The quantitative estimate of drug-likeness (QED) is 0.794. The van der Waals surface area contributed by atoms with Gasteiger partial charge in [0.05, 0.1) is 0 Å². The van der Waals surface area contributed by atoms with Gasteiger partial charge in [0.25, 0.3) is 16.1 Å². The number of hydrogen-bond acceptors (Lipinski definition) is 4. The van der Waals surface area contributed by atoms with Crippen molar-refractivity contribution in [2.75, 3.05) is 19.7 Å². The van der Waals surface area contributed by atoms with Crippen molar-refractivity contribution in [2.45, 2.75) is 25.3 Å². The summed E-state index contributed by atoms with van der Waals surface area (Å²) < 4.78 is 30.2. The summed E-state index contributed by atoms with van der Waals surface area (Å²) in [5.41, 5.74) is 0. The Morgan fingerprint density at radius 1 is 1.19 bits per heavy atom. The van der Waals surface area contributed by atoms with Gasteiger partial charge in [-0.05, 0) is 42.2 Å². The Bertz CT molecular complexity index is 885. The first-order valence-electron chi connectivity index (χ1n) is 8.61. The van der Waals surface area contributed by atoms with Crippen LogP contribution in [0.25, 0.3) is 10.8 Å². The lowest BCUT2D eigenvalue weighted by Gasteiger charge is -2.35. The van der Waals surface area contributed by atoms with Gasteiger partial charge in [-0.2, -0.15) is 8.42 Å². The van der Waals surface area contributed by atoms with E-state index in [0.29, 0.717) is 12.3 Å². The van der Waals surface area contributed by atoms with Crippen LogP contribution in [0.4, 0.5) is 0 Å². The van der Waals surface area contributed by atoms with E-state index in [1.165, 1.54) is 0 Å². The summed E-state index contributed by atoms with van der Waals surface area (Å²) in [6.45, 7) is 0.641. The predicted octanol–water partition coefficient (Wildman–Crippen LogP) is 1.39. The molecule has 1 amide bonds. The molecule has 3 N–H and O–H groups in total. The van der Waals surface area contributed by atoms with Gasteiger partial charge < -0.3 is 9.64 Å². The average molecular weight is 377 g/mol. The second kappa shape index (κ2) is 8.03. The number of nitrogens with two attached hydrogens (primary N) is 1. The smallest absolute Gasteiger partial charge is 0.274 e. The predicted molar refractivity (Wildman–Crippen MR) is 99.9 cm³/mol. The average Bonchev–Trinajstić information content (AvgIpc) is 2.64. The Morgan fingerprint density at radius 2 is 1.96 bits per heavy atom. The van der Waals surface area contributed by atoms with Crippen LogP contribution in [0.3, 0.4) is 0 Å². The molecule has 1 heterocycles. The third-order valence-electron chi connectivity index (χ3n) is 4.55. The molecule has 0 saturated carbocycles. The second-order valence-corrected chi connectivity index (χ2v) is 7.81. The topological polar surface area (TPSA) is 102 Å². The Hall–Kier alpha value is -2.16. The van der Waals surface area contributed by atoms with E-state index in [-0.39, 0.29) is 25.1 Å². The molecule has 2 aromatic rings. The van der Waals surface area contributed by atoms with E-state index in [9.17, 15) is 13.2 Å². The van der Waals surface area contributed by atoms with E-state index in [4.69, 9.17) is 9.88 Å². The molecule has 0 aliphatic carbocycles. The minimum Gasteiger partial charge on any atom is -0.484 e. The van der Waals surface area contributed by atoms with E-state index < -0.39 is 10.2 Å². The number of amides is 1. The molecule has 1 atom stereocenters. The summed E-state index contributed by atoms with van der Waals surface area (Å²) in [6, 6.07) is 13.4. The highest BCUT2D eigenvalue weighted by molar-refractivity contribution is 7.87. The molecule has 0 radical (unpaired) electrons. The summed E-state index contributed by atoms with van der Waals surface area (Å²) in [5.74, 6) is 0.479. The van der Waals surface area contributed by atoms with Crippen molar-refractivity contribution in [3.63, 3.8) is 0 Å². The number of fused-ring (bicyclic) bond motifs is 1. The SMILES string of the molecule is NS(=O)(=O)NCC1CCCCN1C(=O)COc1ccc2ccccc2c1. The molecule has 140 valence electrons. The van der Waals surface area contributed by atoms with E-state index in [0.717, 1.165) is 30.0 Å². The fourth-order valence-electron chi connectivity index (χ4n) is 3.24. The van der Waals surface area contributed by atoms with E-state index in [1.807, 2.05) is 42.5 Å². The van der Waals surface area contributed by atoms with Gasteiger partial charge in [-0.25, -0.2) is 9.86 Å². The van der Waals surface area contributed by atoms with Crippen molar-refractivity contribution in [1.82, 2.24) is 9.62 Å². The summed E-state index contributed by atoms with van der Waals surface area (Å²) in [6.07, 6.45) is 2.59. The molecular weight excluding hydrogens is 354 g/mol. The van der Waals surface area contributed by atoms with Crippen molar-refractivity contribution < 1.29 is 17.9 Å². The van der Waals surface area contributed by atoms with E-state index >= 15 is 0 Å². The molecule has 2 aromatic carbocycles. The molecule has 1 aliphatic heterocycles. The van der Waals surface area contributed by atoms with Crippen LogP contribution >= 0.6 is 0 Å².